The molecule has 1 rings (SSSR count). The van der Waals surface area contributed by atoms with Crippen molar-refractivity contribution in [2.24, 2.45) is 0 Å². The Balaban J connectivity index is 2.64. The number of nitrogens with zero attached hydrogens (tertiary/aromatic N) is 1. The Morgan fingerprint density at radius 3 is 2.62 bits per heavy atom. The fraction of sp³-hybridized carbons (Fsp3) is 1.00. The van der Waals surface area contributed by atoms with Gasteiger partial charge in [0.15, 0.2) is 0 Å². The van der Waals surface area contributed by atoms with Crippen LogP contribution < -0.4 is 5.32 Å². The van der Waals surface area contributed by atoms with Crippen LogP contribution in [0.25, 0.3) is 0 Å². The van der Waals surface area contributed by atoms with Gasteiger partial charge in [0.1, 0.15) is 0 Å². The minimum atomic E-state index is -3.04. The third kappa shape index (κ3) is 3.71. The van der Waals surface area contributed by atoms with E-state index in [0.717, 1.165) is 38.8 Å². The first kappa shape index (κ1) is 13.9. The van der Waals surface area contributed by atoms with Gasteiger partial charge in [-0.3, -0.25) is 0 Å². The highest BCUT2D eigenvalue weighted by Gasteiger charge is 2.28. The van der Waals surface area contributed by atoms with Gasteiger partial charge < -0.3 is 5.32 Å². The summed E-state index contributed by atoms with van der Waals surface area (Å²) in [6, 6.07) is 0.167. The number of nitrogens with one attached hydrogen (secondary N) is 1. The van der Waals surface area contributed by atoms with Crippen molar-refractivity contribution >= 4 is 10.0 Å². The lowest BCUT2D eigenvalue weighted by Crippen LogP contribution is -2.49. The predicted molar refractivity (Wildman–Crippen MR) is 67.0 cm³/mol. The zero-order chi connectivity index (χ0) is 12.0. The highest BCUT2D eigenvalue weighted by molar-refractivity contribution is 7.89. The van der Waals surface area contributed by atoms with Gasteiger partial charge in [-0.1, -0.05) is 20.3 Å². The standard InChI is InChI=1S/C11H24N2O2S/c1-3-5-9-16(14,15)13(4-2)11-7-6-8-12-10-11/h11-12H,3-10H2,1-2H3. The van der Waals surface area contributed by atoms with Crippen LogP contribution in [-0.2, 0) is 10.0 Å². The molecule has 0 saturated carbocycles. The zero-order valence-corrected chi connectivity index (χ0v) is 11.2. The third-order valence-corrected chi connectivity index (χ3v) is 5.18. The van der Waals surface area contributed by atoms with E-state index in [1.54, 1.807) is 4.31 Å². The molecule has 5 heteroatoms. The lowest BCUT2D eigenvalue weighted by molar-refractivity contribution is 0.274. The second kappa shape index (κ2) is 6.57. The molecular formula is C11H24N2O2S. The fourth-order valence-corrected chi connectivity index (χ4v) is 4.12. The SMILES string of the molecule is CCCCS(=O)(=O)N(CC)C1CCCNC1. The van der Waals surface area contributed by atoms with Crippen molar-refractivity contribution in [2.75, 3.05) is 25.4 Å². The average Bonchev–Trinajstić information content (AvgIpc) is 2.28. The van der Waals surface area contributed by atoms with Gasteiger partial charge in [0, 0.05) is 19.1 Å². The van der Waals surface area contributed by atoms with Crippen molar-refractivity contribution in [3.05, 3.63) is 0 Å². The molecule has 0 bridgehead atoms. The van der Waals surface area contributed by atoms with Gasteiger partial charge in [-0.15, -0.1) is 0 Å². The number of piperidine rings is 1. The molecule has 0 spiro atoms. The maximum absolute atomic E-state index is 12.1. The molecule has 1 aliphatic rings. The van der Waals surface area contributed by atoms with Crippen molar-refractivity contribution in [1.82, 2.24) is 9.62 Å². The third-order valence-electron chi connectivity index (χ3n) is 3.10. The van der Waals surface area contributed by atoms with Crippen LogP contribution in [-0.4, -0.2) is 44.2 Å². The Bertz CT molecular complexity index is 284. The number of rotatable bonds is 6. The van der Waals surface area contributed by atoms with Crippen LogP contribution in [0, 0.1) is 0 Å². The van der Waals surface area contributed by atoms with E-state index in [1.165, 1.54) is 0 Å². The zero-order valence-electron chi connectivity index (χ0n) is 10.4. The summed E-state index contributed by atoms with van der Waals surface area (Å²) >= 11 is 0. The molecule has 0 radical (unpaired) electrons. The lowest BCUT2D eigenvalue weighted by atomic mass is 10.1. The summed E-state index contributed by atoms with van der Waals surface area (Å²) in [5, 5.41) is 3.27. The summed E-state index contributed by atoms with van der Waals surface area (Å²) in [6.07, 6.45) is 3.76. The topological polar surface area (TPSA) is 49.4 Å². The van der Waals surface area contributed by atoms with Gasteiger partial charge >= 0.3 is 0 Å². The van der Waals surface area contributed by atoms with Gasteiger partial charge in [-0.05, 0) is 25.8 Å². The lowest BCUT2D eigenvalue weighted by Gasteiger charge is -2.33. The summed E-state index contributed by atoms with van der Waals surface area (Å²) in [5.41, 5.74) is 0. The Hall–Kier alpha value is -0.130. The molecule has 96 valence electrons. The molecule has 0 aromatic rings. The van der Waals surface area contributed by atoms with Crippen molar-refractivity contribution in [1.29, 1.82) is 0 Å². The molecule has 1 fully saturated rings. The number of hydrogen-bond donors (Lipinski definition) is 1. The van der Waals surface area contributed by atoms with Gasteiger partial charge in [0.2, 0.25) is 10.0 Å². The van der Waals surface area contributed by atoms with E-state index in [1.807, 2.05) is 13.8 Å². The molecule has 1 atom stereocenters. The summed E-state index contributed by atoms with van der Waals surface area (Å²) in [6.45, 7) is 6.37. The number of likely N-dealkylation sites (N-methyl/N-ethyl adjacent to an activating group) is 1. The Labute approximate surface area is 99.5 Å². The highest BCUT2D eigenvalue weighted by Crippen LogP contribution is 2.15. The van der Waals surface area contributed by atoms with Gasteiger partial charge in [-0.25, -0.2) is 8.42 Å². The van der Waals surface area contributed by atoms with Gasteiger partial charge in [0.05, 0.1) is 5.75 Å². The summed E-state index contributed by atoms with van der Waals surface area (Å²) in [7, 11) is -3.04. The monoisotopic (exact) mass is 248 g/mol. The molecular weight excluding hydrogens is 224 g/mol. The van der Waals surface area contributed by atoms with E-state index in [9.17, 15) is 8.42 Å². The maximum Gasteiger partial charge on any atom is 0.214 e. The van der Waals surface area contributed by atoms with Crippen molar-refractivity contribution < 1.29 is 8.42 Å². The van der Waals surface area contributed by atoms with Crippen LogP contribution >= 0.6 is 0 Å². The summed E-state index contributed by atoms with van der Waals surface area (Å²) in [5.74, 6) is 0.299. The van der Waals surface area contributed by atoms with Crippen LogP contribution in [0.5, 0.6) is 0 Å². The van der Waals surface area contributed by atoms with E-state index >= 15 is 0 Å². The molecule has 4 nitrogen and oxygen atoms in total. The van der Waals surface area contributed by atoms with Crippen molar-refractivity contribution in [3.8, 4) is 0 Å². The van der Waals surface area contributed by atoms with Crippen LogP contribution in [0.1, 0.15) is 39.5 Å². The average molecular weight is 248 g/mol. The smallest absolute Gasteiger partial charge is 0.214 e. The Morgan fingerprint density at radius 1 is 1.38 bits per heavy atom. The minimum Gasteiger partial charge on any atom is -0.315 e. The molecule has 0 aliphatic carbocycles. The second-order valence-electron chi connectivity index (χ2n) is 4.37. The first-order valence-corrected chi connectivity index (χ1v) is 7.93. The predicted octanol–water partition coefficient (Wildman–Crippen LogP) is 1.19. The van der Waals surface area contributed by atoms with Gasteiger partial charge in [0.25, 0.3) is 0 Å². The largest absolute Gasteiger partial charge is 0.315 e. The summed E-state index contributed by atoms with van der Waals surface area (Å²) in [4.78, 5) is 0. The number of sulfonamides is 1. The molecule has 0 amide bonds. The highest BCUT2D eigenvalue weighted by atomic mass is 32.2. The first-order chi connectivity index (χ1) is 7.61. The van der Waals surface area contributed by atoms with E-state index in [0.29, 0.717) is 12.3 Å². The molecule has 1 N–H and O–H groups in total. The van der Waals surface area contributed by atoms with Crippen LogP contribution in [0.15, 0.2) is 0 Å². The molecule has 0 aromatic carbocycles. The number of unbranched alkanes of at least 4 members (excludes halogenated alkanes) is 1. The molecule has 16 heavy (non-hydrogen) atoms. The number of hydrogen-bond acceptors (Lipinski definition) is 3. The molecule has 1 unspecified atom stereocenters. The summed E-state index contributed by atoms with van der Waals surface area (Å²) < 4.78 is 25.9. The van der Waals surface area contributed by atoms with Crippen LogP contribution in [0.4, 0.5) is 0 Å². The van der Waals surface area contributed by atoms with Crippen molar-refractivity contribution in [3.63, 3.8) is 0 Å². The molecule has 1 heterocycles. The fourth-order valence-electron chi connectivity index (χ4n) is 2.21. The molecule has 1 aliphatic heterocycles. The van der Waals surface area contributed by atoms with E-state index in [-0.39, 0.29) is 6.04 Å². The van der Waals surface area contributed by atoms with Crippen LogP contribution in [0.3, 0.4) is 0 Å². The van der Waals surface area contributed by atoms with E-state index in [2.05, 4.69) is 5.32 Å². The Kier molecular flexibility index (Phi) is 5.72. The van der Waals surface area contributed by atoms with Gasteiger partial charge in [-0.2, -0.15) is 4.31 Å². The molecule has 0 aromatic heterocycles. The van der Waals surface area contributed by atoms with E-state index < -0.39 is 10.0 Å². The quantitative estimate of drug-likeness (QED) is 0.768. The minimum absolute atomic E-state index is 0.167. The Morgan fingerprint density at radius 2 is 2.12 bits per heavy atom. The van der Waals surface area contributed by atoms with Crippen LogP contribution in [0.2, 0.25) is 0 Å². The molecule has 1 saturated heterocycles. The van der Waals surface area contributed by atoms with Crippen molar-refractivity contribution in [2.45, 2.75) is 45.6 Å². The van der Waals surface area contributed by atoms with E-state index in [4.69, 9.17) is 0 Å². The second-order valence-corrected chi connectivity index (χ2v) is 6.41. The first-order valence-electron chi connectivity index (χ1n) is 6.32. The normalized spacial score (nSPS) is 22.6. The maximum atomic E-state index is 12.1.